The molecule has 0 aliphatic carbocycles. The van der Waals surface area contributed by atoms with Crippen LogP contribution in [-0.4, -0.2) is 23.0 Å². The lowest BCUT2D eigenvalue weighted by molar-refractivity contribution is -0.122. The number of hydrogen-bond acceptors (Lipinski definition) is 3. The van der Waals surface area contributed by atoms with Gasteiger partial charge >= 0.3 is 5.97 Å². The molecule has 1 aromatic carbocycles. The maximum absolute atomic E-state index is 11.8. The molecule has 0 aliphatic rings. The third kappa shape index (κ3) is 5.01. The molecule has 1 amide bonds. The van der Waals surface area contributed by atoms with Gasteiger partial charge in [0.1, 0.15) is 0 Å². The van der Waals surface area contributed by atoms with Gasteiger partial charge in [0.15, 0.2) is 0 Å². The first-order chi connectivity index (χ1) is 9.20. The highest BCUT2D eigenvalue weighted by atomic mass is 16.4. The number of hydrogen-bond donors (Lipinski definition) is 3. The van der Waals surface area contributed by atoms with Crippen molar-refractivity contribution in [2.45, 2.75) is 39.8 Å². The Morgan fingerprint density at radius 2 is 2.00 bits per heavy atom. The minimum Gasteiger partial charge on any atom is -0.478 e. The first-order valence-corrected chi connectivity index (χ1v) is 6.54. The molecule has 1 unspecified atom stereocenters. The van der Waals surface area contributed by atoms with Crippen molar-refractivity contribution in [1.82, 2.24) is 5.32 Å². The molecule has 1 atom stereocenters. The van der Waals surface area contributed by atoms with E-state index in [1.807, 2.05) is 20.8 Å². The maximum Gasteiger partial charge on any atom is 0.335 e. The van der Waals surface area contributed by atoms with E-state index in [2.05, 4.69) is 5.32 Å². The van der Waals surface area contributed by atoms with E-state index in [9.17, 15) is 9.59 Å². The lowest BCUT2D eigenvalue weighted by atomic mass is 9.85. The normalized spacial score (nSPS) is 12.8. The van der Waals surface area contributed by atoms with Gasteiger partial charge in [0.2, 0.25) is 5.91 Å². The first kappa shape index (κ1) is 16.2. The van der Waals surface area contributed by atoms with Gasteiger partial charge < -0.3 is 16.2 Å². The summed E-state index contributed by atoms with van der Waals surface area (Å²) in [6.07, 6.45) is 0.252. The van der Waals surface area contributed by atoms with E-state index in [4.69, 9.17) is 10.8 Å². The second-order valence-electron chi connectivity index (χ2n) is 5.96. The van der Waals surface area contributed by atoms with Crippen LogP contribution in [0.3, 0.4) is 0 Å². The zero-order valence-corrected chi connectivity index (χ0v) is 12.1. The summed E-state index contributed by atoms with van der Waals surface area (Å²) in [5, 5.41) is 11.6. The number of nitrogens with two attached hydrogens (primary N) is 1. The van der Waals surface area contributed by atoms with Crippen molar-refractivity contribution >= 4 is 11.9 Å². The SMILES string of the molecule is CC(C)(C)C(N)CC(=O)NCc1cccc(C(=O)O)c1. The Labute approximate surface area is 119 Å². The fourth-order valence-corrected chi connectivity index (χ4v) is 1.59. The number of nitrogens with one attached hydrogen (secondary N) is 1. The minimum absolute atomic E-state index is 0.124. The second kappa shape index (κ2) is 6.52. The van der Waals surface area contributed by atoms with Crippen LogP contribution in [0.15, 0.2) is 24.3 Å². The third-order valence-electron chi connectivity index (χ3n) is 3.18. The van der Waals surface area contributed by atoms with Gasteiger partial charge in [0, 0.05) is 19.0 Å². The largest absolute Gasteiger partial charge is 0.478 e. The number of amides is 1. The van der Waals surface area contributed by atoms with Gasteiger partial charge in [0.05, 0.1) is 5.56 Å². The number of carboxylic acid groups (broad SMARTS) is 1. The Balaban J connectivity index is 2.53. The number of rotatable bonds is 5. The number of carbonyl (C=O) groups is 2. The molecule has 1 rings (SSSR count). The summed E-state index contributed by atoms with van der Waals surface area (Å²) in [7, 11) is 0. The molecule has 20 heavy (non-hydrogen) atoms. The highest BCUT2D eigenvalue weighted by molar-refractivity contribution is 5.87. The molecule has 4 N–H and O–H groups in total. The zero-order chi connectivity index (χ0) is 15.3. The van der Waals surface area contributed by atoms with Gasteiger partial charge in [-0.05, 0) is 23.1 Å². The van der Waals surface area contributed by atoms with Crippen molar-refractivity contribution in [3.8, 4) is 0 Å². The number of aromatic carboxylic acids is 1. The van der Waals surface area contributed by atoms with Gasteiger partial charge in [-0.1, -0.05) is 32.9 Å². The van der Waals surface area contributed by atoms with E-state index in [-0.39, 0.29) is 29.3 Å². The van der Waals surface area contributed by atoms with E-state index in [1.165, 1.54) is 6.07 Å². The molecule has 0 aliphatic heterocycles. The summed E-state index contributed by atoms with van der Waals surface area (Å²) < 4.78 is 0. The molecule has 110 valence electrons. The molecule has 0 saturated heterocycles. The number of carbonyl (C=O) groups excluding carboxylic acids is 1. The first-order valence-electron chi connectivity index (χ1n) is 6.54. The molecule has 0 saturated carbocycles. The molecule has 0 spiro atoms. The van der Waals surface area contributed by atoms with Crippen LogP contribution in [0, 0.1) is 5.41 Å². The molecule has 0 fully saturated rings. The zero-order valence-electron chi connectivity index (χ0n) is 12.1. The Hall–Kier alpha value is -1.88. The van der Waals surface area contributed by atoms with Gasteiger partial charge in [-0.25, -0.2) is 4.79 Å². The van der Waals surface area contributed by atoms with Gasteiger partial charge in [-0.15, -0.1) is 0 Å². The molecule has 1 aromatic rings. The van der Waals surface area contributed by atoms with Crippen LogP contribution in [0.25, 0.3) is 0 Å². The highest BCUT2D eigenvalue weighted by Crippen LogP contribution is 2.19. The van der Waals surface area contributed by atoms with E-state index in [0.717, 1.165) is 5.56 Å². The quantitative estimate of drug-likeness (QED) is 0.765. The molecule has 0 aromatic heterocycles. The Morgan fingerprint density at radius 1 is 1.35 bits per heavy atom. The number of carboxylic acids is 1. The van der Waals surface area contributed by atoms with Crippen molar-refractivity contribution in [3.05, 3.63) is 35.4 Å². The van der Waals surface area contributed by atoms with Crippen molar-refractivity contribution in [3.63, 3.8) is 0 Å². The average molecular weight is 278 g/mol. The predicted molar refractivity (Wildman–Crippen MR) is 77.3 cm³/mol. The van der Waals surface area contributed by atoms with E-state index in [1.54, 1.807) is 18.2 Å². The van der Waals surface area contributed by atoms with Crippen molar-refractivity contribution < 1.29 is 14.7 Å². The van der Waals surface area contributed by atoms with E-state index < -0.39 is 5.97 Å². The molecule has 0 radical (unpaired) electrons. The standard InChI is InChI=1S/C15H22N2O3/c1-15(2,3)12(16)8-13(18)17-9-10-5-4-6-11(7-10)14(19)20/h4-7,12H,8-9,16H2,1-3H3,(H,17,18)(H,19,20). The summed E-state index contributed by atoms with van der Waals surface area (Å²) in [5.41, 5.74) is 6.79. The van der Waals surface area contributed by atoms with E-state index in [0.29, 0.717) is 6.54 Å². The fraction of sp³-hybridized carbons (Fsp3) is 0.467. The minimum atomic E-state index is -0.979. The van der Waals surface area contributed by atoms with Gasteiger partial charge in [-0.3, -0.25) is 4.79 Å². The second-order valence-corrected chi connectivity index (χ2v) is 5.96. The van der Waals surface area contributed by atoms with Crippen LogP contribution in [0.4, 0.5) is 0 Å². The van der Waals surface area contributed by atoms with Crippen LogP contribution in [0.1, 0.15) is 43.1 Å². The van der Waals surface area contributed by atoms with Crippen LogP contribution in [0.5, 0.6) is 0 Å². The fourth-order valence-electron chi connectivity index (χ4n) is 1.59. The Kier molecular flexibility index (Phi) is 5.27. The highest BCUT2D eigenvalue weighted by Gasteiger charge is 2.22. The molecular formula is C15H22N2O3. The summed E-state index contributed by atoms with van der Waals surface area (Å²) >= 11 is 0. The molecular weight excluding hydrogens is 256 g/mol. The molecule has 0 heterocycles. The van der Waals surface area contributed by atoms with E-state index >= 15 is 0 Å². The summed E-state index contributed by atoms with van der Waals surface area (Å²) in [4.78, 5) is 22.6. The summed E-state index contributed by atoms with van der Waals surface area (Å²) in [5.74, 6) is -1.11. The van der Waals surface area contributed by atoms with Crippen LogP contribution >= 0.6 is 0 Å². The van der Waals surface area contributed by atoms with Crippen molar-refractivity contribution in [1.29, 1.82) is 0 Å². The van der Waals surface area contributed by atoms with Gasteiger partial charge in [0.25, 0.3) is 0 Å². The smallest absolute Gasteiger partial charge is 0.335 e. The summed E-state index contributed by atoms with van der Waals surface area (Å²) in [6, 6.07) is 6.28. The van der Waals surface area contributed by atoms with Crippen molar-refractivity contribution in [2.24, 2.45) is 11.1 Å². The molecule has 5 nitrogen and oxygen atoms in total. The molecule has 5 heteroatoms. The van der Waals surface area contributed by atoms with Gasteiger partial charge in [-0.2, -0.15) is 0 Å². The topological polar surface area (TPSA) is 92.4 Å². The lowest BCUT2D eigenvalue weighted by Crippen LogP contribution is -2.40. The predicted octanol–water partition coefficient (Wildman–Crippen LogP) is 1.76. The Morgan fingerprint density at radius 3 is 2.55 bits per heavy atom. The Bertz CT molecular complexity index is 492. The number of benzene rings is 1. The lowest BCUT2D eigenvalue weighted by Gasteiger charge is -2.26. The average Bonchev–Trinajstić information content (AvgIpc) is 2.35. The monoisotopic (exact) mass is 278 g/mol. The van der Waals surface area contributed by atoms with Crippen LogP contribution in [-0.2, 0) is 11.3 Å². The summed E-state index contributed by atoms with van der Waals surface area (Å²) in [6.45, 7) is 6.26. The third-order valence-corrected chi connectivity index (χ3v) is 3.18. The van der Waals surface area contributed by atoms with Crippen LogP contribution in [0.2, 0.25) is 0 Å². The van der Waals surface area contributed by atoms with Crippen molar-refractivity contribution in [2.75, 3.05) is 0 Å². The van der Waals surface area contributed by atoms with Crippen LogP contribution < -0.4 is 11.1 Å². The molecule has 0 bridgehead atoms. The maximum atomic E-state index is 11.8.